The van der Waals surface area contributed by atoms with Crippen LogP contribution in [0, 0.1) is 10.1 Å². The van der Waals surface area contributed by atoms with Crippen LogP contribution in [-0.4, -0.2) is 4.92 Å². The Hall–Kier alpha value is -0.950. The molecule has 4 nitrogen and oxygen atoms in total. The van der Waals surface area contributed by atoms with Crippen molar-refractivity contribution in [2.75, 3.05) is 0 Å². The molecule has 2 heterocycles. The van der Waals surface area contributed by atoms with Gasteiger partial charge in [0.05, 0.1) is 11.0 Å². The van der Waals surface area contributed by atoms with E-state index in [2.05, 4.69) is 0 Å². The summed E-state index contributed by atoms with van der Waals surface area (Å²) in [5.41, 5.74) is 7.75. The van der Waals surface area contributed by atoms with E-state index in [9.17, 15) is 10.1 Å². The summed E-state index contributed by atoms with van der Waals surface area (Å²) in [6.07, 6.45) is 0. The second-order valence-corrected chi connectivity index (χ2v) is 4.68. The lowest BCUT2D eigenvalue weighted by molar-refractivity contribution is -0.380. The maximum Gasteiger partial charge on any atom is 0.324 e. The van der Waals surface area contributed by atoms with Gasteiger partial charge in [-0.15, -0.1) is 12.4 Å². The van der Waals surface area contributed by atoms with E-state index >= 15 is 0 Å². The van der Waals surface area contributed by atoms with Crippen molar-refractivity contribution >= 4 is 40.1 Å². The van der Waals surface area contributed by atoms with Crippen LogP contribution in [-0.2, 0) is 0 Å². The lowest BCUT2D eigenvalue weighted by Crippen LogP contribution is -2.09. The first-order chi connectivity index (χ1) is 7.18. The van der Waals surface area contributed by atoms with Crippen LogP contribution in [0.5, 0.6) is 0 Å². The minimum Gasteiger partial charge on any atom is -0.320 e. The number of hydrogen-bond donors (Lipinski definition) is 1. The molecule has 16 heavy (non-hydrogen) atoms. The zero-order valence-electron chi connectivity index (χ0n) is 8.03. The molecule has 2 rings (SSSR count). The number of nitro groups is 1. The average molecular weight is 277 g/mol. The Bertz CT molecular complexity index is 470. The molecule has 0 fully saturated rings. The normalized spacial score (nSPS) is 11.8. The summed E-state index contributed by atoms with van der Waals surface area (Å²) >= 11 is 2.67. The van der Waals surface area contributed by atoms with Gasteiger partial charge in [-0.3, -0.25) is 10.1 Å². The van der Waals surface area contributed by atoms with Crippen molar-refractivity contribution < 1.29 is 4.92 Å². The summed E-state index contributed by atoms with van der Waals surface area (Å²) < 4.78 is 0. The fourth-order valence-corrected chi connectivity index (χ4v) is 2.70. The molecular formula is C9H9ClN2O2S2. The molecule has 0 aliphatic carbocycles. The molecule has 0 aromatic carbocycles. The second kappa shape index (κ2) is 5.40. The third-order valence-electron chi connectivity index (χ3n) is 2.05. The molecule has 0 aliphatic rings. The summed E-state index contributed by atoms with van der Waals surface area (Å²) in [6.45, 7) is 0. The van der Waals surface area contributed by atoms with E-state index in [1.54, 1.807) is 16.7 Å². The Balaban J connectivity index is 0.00000128. The monoisotopic (exact) mass is 276 g/mol. The Morgan fingerprint density at radius 3 is 2.62 bits per heavy atom. The number of hydrogen-bond acceptors (Lipinski definition) is 5. The molecule has 0 saturated carbocycles. The number of thiophene rings is 2. The zero-order valence-corrected chi connectivity index (χ0v) is 10.5. The zero-order chi connectivity index (χ0) is 10.8. The standard InChI is InChI=1S/C9H8N2O2S2.ClH/c10-9(6-1-2-14-4-6)7-3-8(11(12)13)15-5-7;/h1-5,9H,10H2;1H/t9-;/m1./s1. The van der Waals surface area contributed by atoms with E-state index in [1.165, 1.54) is 6.07 Å². The van der Waals surface area contributed by atoms with Gasteiger partial charge in [-0.1, -0.05) is 11.3 Å². The molecule has 0 saturated heterocycles. The lowest BCUT2D eigenvalue weighted by Gasteiger charge is -2.05. The summed E-state index contributed by atoms with van der Waals surface area (Å²) in [6, 6.07) is 3.20. The van der Waals surface area contributed by atoms with Crippen LogP contribution in [0.25, 0.3) is 0 Å². The Kier molecular flexibility index (Phi) is 4.43. The predicted octanol–water partition coefficient (Wildman–Crippen LogP) is 3.19. The third kappa shape index (κ3) is 2.59. The molecule has 2 N–H and O–H groups in total. The van der Waals surface area contributed by atoms with Gasteiger partial charge in [0, 0.05) is 11.4 Å². The first-order valence-corrected chi connectivity index (χ1v) is 6.01. The van der Waals surface area contributed by atoms with Crippen LogP contribution in [0.15, 0.2) is 28.3 Å². The highest BCUT2D eigenvalue weighted by Crippen LogP contribution is 2.29. The van der Waals surface area contributed by atoms with Crippen LogP contribution in [0.2, 0.25) is 0 Å². The van der Waals surface area contributed by atoms with Gasteiger partial charge >= 0.3 is 5.00 Å². The molecule has 0 spiro atoms. The van der Waals surface area contributed by atoms with Crippen LogP contribution in [0.4, 0.5) is 5.00 Å². The highest BCUT2D eigenvalue weighted by molar-refractivity contribution is 7.13. The van der Waals surface area contributed by atoms with Crippen molar-refractivity contribution in [1.29, 1.82) is 0 Å². The van der Waals surface area contributed by atoms with Crippen LogP contribution in [0.1, 0.15) is 17.2 Å². The number of nitrogens with two attached hydrogens (primary N) is 1. The Morgan fingerprint density at radius 2 is 2.12 bits per heavy atom. The first kappa shape index (κ1) is 13.1. The SMILES string of the molecule is Cl.N[C@H](c1ccsc1)c1csc([N+](=O)[O-])c1. The molecule has 86 valence electrons. The molecule has 0 amide bonds. The highest BCUT2D eigenvalue weighted by Gasteiger charge is 2.15. The second-order valence-electron chi connectivity index (χ2n) is 3.01. The van der Waals surface area contributed by atoms with Crippen molar-refractivity contribution in [3.63, 3.8) is 0 Å². The molecule has 0 aliphatic heterocycles. The third-order valence-corrected chi connectivity index (χ3v) is 3.65. The first-order valence-electron chi connectivity index (χ1n) is 4.19. The van der Waals surface area contributed by atoms with Gasteiger partial charge in [0.2, 0.25) is 0 Å². The minimum absolute atomic E-state index is 0. The van der Waals surface area contributed by atoms with E-state index in [0.29, 0.717) is 0 Å². The molecule has 1 atom stereocenters. The van der Waals surface area contributed by atoms with Crippen molar-refractivity contribution in [2.45, 2.75) is 6.04 Å². The van der Waals surface area contributed by atoms with Gasteiger partial charge in [0.25, 0.3) is 0 Å². The van der Waals surface area contributed by atoms with Crippen molar-refractivity contribution in [3.05, 3.63) is 49.5 Å². The topological polar surface area (TPSA) is 69.2 Å². The summed E-state index contributed by atoms with van der Waals surface area (Å²) in [5, 5.41) is 16.3. The van der Waals surface area contributed by atoms with E-state index in [0.717, 1.165) is 22.5 Å². The quantitative estimate of drug-likeness (QED) is 0.691. The number of nitrogens with zero attached hydrogens (tertiary/aromatic N) is 1. The van der Waals surface area contributed by atoms with Gasteiger partial charge in [-0.25, -0.2) is 0 Å². The van der Waals surface area contributed by atoms with Gasteiger partial charge in [-0.05, 0) is 28.0 Å². The molecule has 2 aromatic heterocycles. The van der Waals surface area contributed by atoms with Crippen molar-refractivity contribution in [2.24, 2.45) is 5.73 Å². The maximum atomic E-state index is 10.5. The van der Waals surface area contributed by atoms with Gasteiger partial charge in [0.15, 0.2) is 0 Å². The average Bonchev–Trinajstić information content (AvgIpc) is 2.88. The molecule has 0 unspecified atom stereocenters. The highest BCUT2D eigenvalue weighted by atomic mass is 35.5. The van der Waals surface area contributed by atoms with Crippen LogP contribution >= 0.6 is 35.1 Å². The van der Waals surface area contributed by atoms with Crippen molar-refractivity contribution in [1.82, 2.24) is 0 Å². The molecule has 0 bridgehead atoms. The Labute approximate surface area is 106 Å². The van der Waals surface area contributed by atoms with E-state index < -0.39 is 4.92 Å². The fraction of sp³-hybridized carbons (Fsp3) is 0.111. The van der Waals surface area contributed by atoms with E-state index in [4.69, 9.17) is 5.73 Å². The largest absolute Gasteiger partial charge is 0.324 e. The van der Waals surface area contributed by atoms with Crippen molar-refractivity contribution in [3.8, 4) is 0 Å². The minimum atomic E-state index is -0.394. The lowest BCUT2D eigenvalue weighted by atomic mass is 10.1. The van der Waals surface area contributed by atoms with Gasteiger partial charge in [0.1, 0.15) is 0 Å². The van der Waals surface area contributed by atoms with E-state index in [1.807, 2.05) is 16.8 Å². The smallest absolute Gasteiger partial charge is 0.320 e. The van der Waals surface area contributed by atoms with Gasteiger partial charge in [-0.2, -0.15) is 11.3 Å². The molecule has 2 aromatic rings. The number of rotatable bonds is 3. The molecular weight excluding hydrogens is 268 g/mol. The summed E-state index contributed by atoms with van der Waals surface area (Å²) in [7, 11) is 0. The predicted molar refractivity (Wildman–Crippen MR) is 68.6 cm³/mol. The molecule has 0 radical (unpaired) electrons. The Morgan fingerprint density at radius 1 is 1.38 bits per heavy atom. The van der Waals surface area contributed by atoms with Crippen LogP contribution in [0.3, 0.4) is 0 Å². The molecule has 7 heteroatoms. The summed E-state index contributed by atoms with van der Waals surface area (Å²) in [5.74, 6) is 0. The van der Waals surface area contributed by atoms with Gasteiger partial charge < -0.3 is 5.73 Å². The fourth-order valence-electron chi connectivity index (χ4n) is 1.24. The van der Waals surface area contributed by atoms with Crippen LogP contribution < -0.4 is 5.73 Å². The summed E-state index contributed by atoms with van der Waals surface area (Å²) in [4.78, 5) is 10.1. The van der Waals surface area contributed by atoms with E-state index in [-0.39, 0.29) is 23.4 Å². The maximum absolute atomic E-state index is 10.5. The number of halogens is 1.